The van der Waals surface area contributed by atoms with Crippen molar-refractivity contribution in [3.05, 3.63) is 12.5 Å². The smallest absolute Gasteiger partial charge is 0.204 e. The zero-order valence-electron chi connectivity index (χ0n) is 6.10. The third-order valence-corrected chi connectivity index (χ3v) is 1.50. The lowest BCUT2D eigenvalue weighted by molar-refractivity contribution is 0.646. The van der Waals surface area contributed by atoms with Gasteiger partial charge in [-0.15, -0.1) is 5.10 Å². The van der Waals surface area contributed by atoms with E-state index in [1.807, 2.05) is 6.92 Å². The van der Waals surface area contributed by atoms with E-state index in [-0.39, 0.29) is 0 Å². The van der Waals surface area contributed by atoms with Crippen molar-refractivity contribution >= 4 is 11.2 Å². The fraction of sp³-hybridized carbons (Fsp3) is 0.333. The van der Waals surface area contributed by atoms with Gasteiger partial charge in [-0.25, -0.2) is 14.6 Å². The van der Waals surface area contributed by atoms with Gasteiger partial charge in [0, 0.05) is 6.54 Å². The standard InChI is InChI=1S/C6H7N5/c1-2-11-5-3-7-4-8-6(5)9-10-11/h3-4H,2H2,1H3. The molecule has 5 heteroatoms. The highest BCUT2D eigenvalue weighted by atomic mass is 15.4. The fourth-order valence-corrected chi connectivity index (χ4v) is 0.953. The Labute approximate surface area is 63.1 Å². The van der Waals surface area contributed by atoms with Crippen molar-refractivity contribution in [3.63, 3.8) is 0 Å². The quantitative estimate of drug-likeness (QED) is 0.582. The van der Waals surface area contributed by atoms with Crippen LogP contribution in [-0.2, 0) is 6.54 Å². The zero-order valence-corrected chi connectivity index (χ0v) is 6.10. The van der Waals surface area contributed by atoms with E-state index in [0.717, 1.165) is 12.1 Å². The summed E-state index contributed by atoms with van der Waals surface area (Å²) in [6.07, 6.45) is 3.18. The van der Waals surface area contributed by atoms with Crippen molar-refractivity contribution in [3.8, 4) is 0 Å². The second-order valence-electron chi connectivity index (χ2n) is 2.14. The summed E-state index contributed by atoms with van der Waals surface area (Å²) in [6.45, 7) is 2.80. The molecule has 0 fully saturated rings. The number of nitrogens with zero attached hydrogens (tertiary/aromatic N) is 5. The number of hydrogen-bond donors (Lipinski definition) is 0. The van der Waals surface area contributed by atoms with Gasteiger partial charge in [0.05, 0.1) is 6.20 Å². The minimum absolute atomic E-state index is 0.654. The number of hydrogen-bond acceptors (Lipinski definition) is 4. The van der Waals surface area contributed by atoms with Crippen LogP contribution < -0.4 is 0 Å². The first-order valence-electron chi connectivity index (χ1n) is 3.41. The predicted molar refractivity (Wildman–Crippen MR) is 38.8 cm³/mol. The third kappa shape index (κ3) is 0.849. The van der Waals surface area contributed by atoms with E-state index >= 15 is 0 Å². The molecule has 5 nitrogen and oxygen atoms in total. The van der Waals surface area contributed by atoms with Crippen molar-refractivity contribution in [1.82, 2.24) is 25.0 Å². The molecule has 0 spiro atoms. The zero-order chi connectivity index (χ0) is 7.68. The average molecular weight is 149 g/mol. The van der Waals surface area contributed by atoms with E-state index in [9.17, 15) is 0 Å². The molecular formula is C6H7N5. The molecule has 0 saturated carbocycles. The Bertz CT molecular complexity index is 366. The summed E-state index contributed by atoms with van der Waals surface area (Å²) in [5.74, 6) is 0. The maximum Gasteiger partial charge on any atom is 0.204 e. The molecule has 0 atom stereocenters. The van der Waals surface area contributed by atoms with Gasteiger partial charge >= 0.3 is 0 Å². The van der Waals surface area contributed by atoms with Crippen molar-refractivity contribution < 1.29 is 0 Å². The highest BCUT2D eigenvalue weighted by molar-refractivity contribution is 5.67. The molecule has 2 heterocycles. The molecule has 0 aliphatic rings. The summed E-state index contributed by atoms with van der Waals surface area (Å²) < 4.78 is 1.76. The van der Waals surface area contributed by atoms with E-state index in [1.54, 1.807) is 10.9 Å². The number of aryl methyl sites for hydroxylation is 1. The molecule has 0 aliphatic heterocycles. The van der Waals surface area contributed by atoms with Gasteiger partial charge in [0.25, 0.3) is 0 Å². The van der Waals surface area contributed by atoms with Crippen LogP contribution in [0.3, 0.4) is 0 Å². The summed E-state index contributed by atoms with van der Waals surface area (Å²) in [7, 11) is 0. The Morgan fingerprint density at radius 1 is 1.55 bits per heavy atom. The van der Waals surface area contributed by atoms with Crippen LogP contribution in [0, 0.1) is 0 Å². The Balaban J connectivity index is 2.76. The molecule has 0 saturated heterocycles. The lowest BCUT2D eigenvalue weighted by atomic mass is 10.5. The molecule has 0 unspecified atom stereocenters. The second kappa shape index (κ2) is 2.26. The van der Waals surface area contributed by atoms with Gasteiger partial charge < -0.3 is 0 Å². The normalized spacial score (nSPS) is 10.6. The largest absolute Gasteiger partial charge is 0.242 e. The molecule has 11 heavy (non-hydrogen) atoms. The van der Waals surface area contributed by atoms with Crippen LogP contribution >= 0.6 is 0 Å². The van der Waals surface area contributed by atoms with Crippen LogP contribution in [0.25, 0.3) is 11.2 Å². The summed E-state index contributed by atoms with van der Waals surface area (Å²) >= 11 is 0. The predicted octanol–water partition coefficient (Wildman–Crippen LogP) is 0.241. The molecule has 2 rings (SSSR count). The summed E-state index contributed by atoms with van der Waals surface area (Å²) in [5, 5.41) is 7.73. The first-order chi connectivity index (χ1) is 5.42. The molecule has 0 N–H and O–H groups in total. The van der Waals surface area contributed by atoms with Crippen LogP contribution in [0.4, 0.5) is 0 Å². The Morgan fingerprint density at radius 3 is 3.27 bits per heavy atom. The third-order valence-electron chi connectivity index (χ3n) is 1.50. The van der Waals surface area contributed by atoms with Crippen LogP contribution in [0.2, 0.25) is 0 Å². The van der Waals surface area contributed by atoms with E-state index in [0.29, 0.717) is 5.65 Å². The summed E-state index contributed by atoms with van der Waals surface area (Å²) in [5.41, 5.74) is 1.54. The fourth-order valence-electron chi connectivity index (χ4n) is 0.953. The van der Waals surface area contributed by atoms with Gasteiger partial charge in [0.15, 0.2) is 0 Å². The SMILES string of the molecule is CCn1nnc2ncncc21. The maximum atomic E-state index is 3.94. The molecule has 56 valence electrons. The molecular weight excluding hydrogens is 142 g/mol. The van der Waals surface area contributed by atoms with Gasteiger partial charge in [-0.3, -0.25) is 0 Å². The molecule has 2 aromatic heterocycles. The molecule has 0 radical (unpaired) electrons. The Morgan fingerprint density at radius 2 is 2.45 bits per heavy atom. The van der Waals surface area contributed by atoms with Crippen molar-refractivity contribution in [1.29, 1.82) is 0 Å². The van der Waals surface area contributed by atoms with Crippen molar-refractivity contribution in [2.24, 2.45) is 0 Å². The minimum atomic E-state index is 0.654. The average Bonchev–Trinajstić information content (AvgIpc) is 2.47. The minimum Gasteiger partial charge on any atom is -0.242 e. The first kappa shape index (κ1) is 6.21. The van der Waals surface area contributed by atoms with Gasteiger partial charge in [0.2, 0.25) is 5.65 Å². The van der Waals surface area contributed by atoms with E-state index in [4.69, 9.17) is 0 Å². The van der Waals surface area contributed by atoms with Gasteiger partial charge in [-0.2, -0.15) is 0 Å². The van der Waals surface area contributed by atoms with Gasteiger partial charge in [-0.1, -0.05) is 5.21 Å². The Kier molecular flexibility index (Phi) is 1.28. The molecule has 0 aliphatic carbocycles. The van der Waals surface area contributed by atoms with Crippen molar-refractivity contribution in [2.45, 2.75) is 13.5 Å². The lowest BCUT2D eigenvalue weighted by Crippen LogP contribution is -1.95. The topological polar surface area (TPSA) is 56.5 Å². The number of rotatable bonds is 1. The molecule has 0 amide bonds. The van der Waals surface area contributed by atoms with Crippen LogP contribution in [0.1, 0.15) is 6.92 Å². The van der Waals surface area contributed by atoms with Crippen molar-refractivity contribution in [2.75, 3.05) is 0 Å². The maximum absolute atomic E-state index is 3.94. The number of aromatic nitrogens is 5. The second-order valence-corrected chi connectivity index (χ2v) is 2.14. The van der Waals surface area contributed by atoms with Gasteiger partial charge in [0.1, 0.15) is 11.8 Å². The van der Waals surface area contributed by atoms with E-state index < -0.39 is 0 Å². The highest BCUT2D eigenvalue weighted by Gasteiger charge is 2.01. The van der Waals surface area contributed by atoms with Gasteiger partial charge in [-0.05, 0) is 6.92 Å². The summed E-state index contributed by atoms with van der Waals surface area (Å²) in [6, 6.07) is 0. The Hall–Kier alpha value is -1.52. The molecule has 0 aromatic carbocycles. The summed E-state index contributed by atoms with van der Waals surface area (Å²) in [4.78, 5) is 7.83. The van der Waals surface area contributed by atoms with Crippen LogP contribution in [0.15, 0.2) is 12.5 Å². The van der Waals surface area contributed by atoms with Crippen LogP contribution in [-0.4, -0.2) is 25.0 Å². The van der Waals surface area contributed by atoms with E-state index in [1.165, 1.54) is 6.33 Å². The highest BCUT2D eigenvalue weighted by Crippen LogP contribution is 2.03. The van der Waals surface area contributed by atoms with E-state index in [2.05, 4.69) is 20.3 Å². The molecule has 2 aromatic rings. The molecule has 0 bridgehead atoms. The number of fused-ring (bicyclic) bond motifs is 1. The van der Waals surface area contributed by atoms with Crippen LogP contribution in [0.5, 0.6) is 0 Å². The monoisotopic (exact) mass is 149 g/mol. The first-order valence-corrected chi connectivity index (χ1v) is 3.41. The lowest BCUT2D eigenvalue weighted by Gasteiger charge is -1.92.